The molecule has 6 nitrogen and oxygen atoms in total. The lowest BCUT2D eigenvalue weighted by Gasteiger charge is -2.06. The van der Waals surface area contributed by atoms with Crippen molar-refractivity contribution in [3.8, 4) is 0 Å². The van der Waals surface area contributed by atoms with E-state index in [1.54, 1.807) is 6.21 Å². The molecule has 0 aromatic heterocycles. The Hall–Kier alpha value is -2.76. The molecule has 0 amide bonds. The number of benzene rings is 1. The van der Waals surface area contributed by atoms with Gasteiger partial charge in [-0.1, -0.05) is 12.1 Å². The van der Waals surface area contributed by atoms with Gasteiger partial charge in [-0.25, -0.2) is 9.59 Å². The zero-order chi connectivity index (χ0) is 14.3. The summed E-state index contributed by atoms with van der Waals surface area (Å²) in [5, 5.41) is 15.6. The van der Waals surface area contributed by atoms with Gasteiger partial charge in [0.05, 0.1) is 5.69 Å². The Morgan fingerprint density at radius 3 is 2.21 bits per heavy atom. The summed E-state index contributed by atoms with van der Waals surface area (Å²) in [5.74, 6) is -2.35. The van der Waals surface area contributed by atoms with Crippen LogP contribution in [0.2, 0.25) is 0 Å². The topological polar surface area (TPSA) is 104 Å². The van der Waals surface area contributed by atoms with Crippen molar-refractivity contribution in [2.75, 3.05) is 0 Å². The van der Waals surface area contributed by atoms with Gasteiger partial charge in [0.1, 0.15) is 0 Å². The number of aliphatic imine (C=N–C) groups is 1. The van der Waals surface area contributed by atoms with Gasteiger partial charge in [-0.15, -0.1) is 0 Å². The van der Waals surface area contributed by atoms with Crippen molar-refractivity contribution in [1.29, 1.82) is 0 Å². The molecule has 0 atom stereocenters. The Morgan fingerprint density at radius 1 is 1.11 bits per heavy atom. The molecule has 98 valence electrons. The smallest absolute Gasteiger partial charge is 0.328 e. The predicted molar refractivity (Wildman–Crippen MR) is 68.0 cm³/mol. The highest BCUT2D eigenvalue weighted by atomic mass is 16.4. The fourth-order valence-corrected chi connectivity index (χ4v) is 1.30. The van der Waals surface area contributed by atoms with E-state index in [0.717, 1.165) is 11.3 Å². The molecule has 0 saturated carbocycles. The molecule has 1 aliphatic rings. The standard InChI is InChI=1S/C9H7NO.C4H4O4/c11-9-5-6-10-8-4-2-1-3-7(8)9;5-3(6)1-2-4(7)8/h1-4,6H,5H2;1-2H,(H,5,6)(H,7,8). The van der Waals surface area contributed by atoms with Gasteiger partial charge in [0.2, 0.25) is 0 Å². The van der Waals surface area contributed by atoms with Crippen LogP contribution in [0.25, 0.3) is 0 Å². The SMILES string of the molecule is O=C(O)C=CC(=O)O.O=C1CC=Nc2ccccc21. The number of rotatable bonds is 2. The third-order valence-corrected chi connectivity index (χ3v) is 2.08. The molecule has 0 fully saturated rings. The Morgan fingerprint density at radius 2 is 1.68 bits per heavy atom. The number of carbonyl (C=O) groups is 3. The lowest BCUT2D eigenvalue weighted by molar-refractivity contribution is -0.134. The molecular formula is C13H11NO5. The van der Waals surface area contributed by atoms with Crippen molar-refractivity contribution in [1.82, 2.24) is 0 Å². The monoisotopic (exact) mass is 261 g/mol. The highest BCUT2D eigenvalue weighted by Gasteiger charge is 2.11. The summed E-state index contributed by atoms with van der Waals surface area (Å²) in [4.78, 5) is 34.4. The average molecular weight is 261 g/mol. The van der Waals surface area contributed by atoms with Crippen molar-refractivity contribution in [2.24, 2.45) is 4.99 Å². The zero-order valence-corrected chi connectivity index (χ0v) is 9.81. The Bertz CT molecular complexity index is 544. The molecule has 0 spiro atoms. The van der Waals surface area contributed by atoms with Gasteiger partial charge < -0.3 is 10.2 Å². The molecule has 19 heavy (non-hydrogen) atoms. The number of carboxylic acids is 2. The van der Waals surface area contributed by atoms with E-state index in [4.69, 9.17) is 10.2 Å². The number of carboxylic acid groups (broad SMARTS) is 2. The predicted octanol–water partition coefficient (Wildman–Crippen LogP) is 1.69. The number of fused-ring (bicyclic) bond motifs is 1. The largest absolute Gasteiger partial charge is 0.478 e. The third kappa shape index (κ3) is 4.95. The van der Waals surface area contributed by atoms with E-state index in [0.29, 0.717) is 18.6 Å². The molecule has 1 aliphatic heterocycles. The van der Waals surface area contributed by atoms with Crippen LogP contribution in [0.5, 0.6) is 0 Å². The van der Waals surface area contributed by atoms with E-state index < -0.39 is 11.9 Å². The Kier molecular flexibility index (Phi) is 5.16. The second-order valence-corrected chi connectivity index (χ2v) is 3.47. The lowest BCUT2D eigenvalue weighted by atomic mass is 10.0. The first-order chi connectivity index (χ1) is 9.00. The fraction of sp³-hybridized carbons (Fsp3) is 0.0769. The number of aliphatic carboxylic acids is 2. The van der Waals surface area contributed by atoms with Crippen molar-refractivity contribution < 1.29 is 24.6 Å². The van der Waals surface area contributed by atoms with Crippen LogP contribution in [-0.2, 0) is 9.59 Å². The van der Waals surface area contributed by atoms with Gasteiger partial charge in [0, 0.05) is 30.4 Å². The normalized spacial score (nSPS) is 12.5. The first kappa shape index (κ1) is 14.3. The summed E-state index contributed by atoms with van der Waals surface area (Å²) in [6.07, 6.45) is 3.21. The Labute approximate surface area is 108 Å². The summed E-state index contributed by atoms with van der Waals surface area (Å²) in [6.45, 7) is 0. The number of hydrogen-bond donors (Lipinski definition) is 2. The van der Waals surface area contributed by atoms with Gasteiger partial charge >= 0.3 is 11.9 Å². The molecule has 1 aromatic rings. The van der Waals surface area contributed by atoms with Gasteiger partial charge in [0.25, 0.3) is 0 Å². The number of ketones is 1. The summed E-state index contributed by atoms with van der Waals surface area (Å²) < 4.78 is 0. The first-order valence-electron chi connectivity index (χ1n) is 5.29. The van der Waals surface area contributed by atoms with Gasteiger partial charge in [-0.05, 0) is 12.1 Å². The second-order valence-electron chi connectivity index (χ2n) is 3.47. The minimum absolute atomic E-state index is 0.163. The molecule has 0 unspecified atom stereocenters. The number of carbonyl (C=O) groups excluding carboxylic acids is 1. The first-order valence-corrected chi connectivity index (χ1v) is 5.29. The average Bonchev–Trinajstić information content (AvgIpc) is 2.38. The molecular weight excluding hydrogens is 250 g/mol. The number of nitrogens with zero attached hydrogens (tertiary/aromatic N) is 1. The van der Waals surface area contributed by atoms with Crippen LogP contribution in [0.3, 0.4) is 0 Å². The van der Waals surface area contributed by atoms with Crippen molar-refractivity contribution in [3.05, 3.63) is 42.0 Å². The maximum atomic E-state index is 11.2. The Balaban J connectivity index is 0.000000203. The minimum Gasteiger partial charge on any atom is -0.478 e. The van der Waals surface area contributed by atoms with Crippen molar-refractivity contribution >= 4 is 29.6 Å². The molecule has 1 aromatic carbocycles. The summed E-state index contributed by atoms with van der Waals surface area (Å²) in [6, 6.07) is 7.41. The van der Waals surface area contributed by atoms with E-state index in [1.165, 1.54) is 0 Å². The molecule has 0 saturated heterocycles. The molecule has 0 radical (unpaired) electrons. The summed E-state index contributed by atoms with van der Waals surface area (Å²) in [7, 11) is 0. The van der Waals surface area contributed by atoms with Crippen molar-refractivity contribution in [3.63, 3.8) is 0 Å². The summed E-state index contributed by atoms with van der Waals surface area (Å²) >= 11 is 0. The molecule has 6 heteroatoms. The quantitative estimate of drug-likeness (QED) is 0.788. The van der Waals surface area contributed by atoms with Crippen LogP contribution in [0.1, 0.15) is 16.8 Å². The minimum atomic E-state index is -1.26. The fourth-order valence-electron chi connectivity index (χ4n) is 1.30. The van der Waals surface area contributed by atoms with E-state index in [2.05, 4.69) is 4.99 Å². The van der Waals surface area contributed by atoms with Gasteiger partial charge in [-0.3, -0.25) is 9.79 Å². The number of hydrogen-bond acceptors (Lipinski definition) is 4. The molecule has 2 rings (SSSR count). The zero-order valence-electron chi connectivity index (χ0n) is 9.81. The van der Waals surface area contributed by atoms with Crippen LogP contribution in [0.15, 0.2) is 41.4 Å². The highest BCUT2D eigenvalue weighted by Crippen LogP contribution is 2.22. The van der Waals surface area contributed by atoms with Crippen LogP contribution >= 0.6 is 0 Å². The van der Waals surface area contributed by atoms with Gasteiger partial charge in [0.15, 0.2) is 5.78 Å². The second kappa shape index (κ2) is 6.85. The lowest BCUT2D eigenvalue weighted by Crippen LogP contribution is -2.03. The number of para-hydroxylation sites is 1. The van der Waals surface area contributed by atoms with Crippen LogP contribution in [0, 0.1) is 0 Å². The highest BCUT2D eigenvalue weighted by molar-refractivity contribution is 6.09. The summed E-state index contributed by atoms with van der Waals surface area (Å²) in [5.41, 5.74) is 1.54. The third-order valence-electron chi connectivity index (χ3n) is 2.08. The molecule has 0 bridgehead atoms. The van der Waals surface area contributed by atoms with Crippen molar-refractivity contribution in [2.45, 2.75) is 6.42 Å². The number of Topliss-reactive ketones (excluding diaryl/α,β-unsaturated/α-hetero) is 1. The maximum absolute atomic E-state index is 11.2. The van der Waals surface area contributed by atoms with E-state index in [9.17, 15) is 14.4 Å². The van der Waals surface area contributed by atoms with E-state index >= 15 is 0 Å². The van der Waals surface area contributed by atoms with Crippen LogP contribution < -0.4 is 0 Å². The molecule has 2 N–H and O–H groups in total. The van der Waals surface area contributed by atoms with Crippen LogP contribution in [0.4, 0.5) is 5.69 Å². The van der Waals surface area contributed by atoms with Crippen LogP contribution in [-0.4, -0.2) is 34.1 Å². The maximum Gasteiger partial charge on any atom is 0.328 e. The molecule has 1 heterocycles. The van der Waals surface area contributed by atoms with E-state index in [-0.39, 0.29) is 5.78 Å². The van der Waals surface area contributed by atoms with Gasteiger partial charge in [-0.2, -0.15) is 0 Å². The van der Waals surface area contributed by atoms with E-state index in [1.807, 2.05) is 24.3 Å². The molecule has 0 aliphatic carbocycles.